The molecule has 0 unspecified atom stereocenters. The molecule has 1 aromatic carbocycles. The predicted octanol–water partition coefficient (Wildman–Crippen LogP) is 3.91. The minimum atomic E-state index is -0.0508. The van der Waals surface area contributed by atoms with Crippen LogP contribution in [-0.2, 0) is 4.79 Å². The molecule has 0 spiro atoms. The molecule has 12 heteroatoms. The first-order chi connectivity index (χ1) is 19.6. The number of carbonyl (C=O) groups excluding carboxylic acids is 1. The van der Waals surface area contributed by atoms with Crippen molar-refractivity contribution in [2.24, 2.45) is 0 Å². The van der Waals surface area contributed by atoms with E-state index in [-0.39, 0.29) is 11.8 Å². The number of aromatic nitrogens is 8. The lowest BCUT2D eigenvalue weighted by Crippen LogP contribution is -2.47. The molecule has 40 heavy (non-hydrogen) atoms. The van der Waals surface area contributed by atoms with Gasteiger partial charge in [-0.15, -0.1) is 0 Å². The molecular weight excluding hydrogens is 508 g/mol. The summed E-state index contributed by atoms with van der Waals surface area (Å²) in [6.45, 7) is 6.83. The fourth-order valence-electron chi connectivity index (χ4n) is 4.84. The number of aryl methyl sites for hydroxylation is 1. The van der Waals surface area contributed by atoms with Crippen molar-refractivity contribution >= 4 is 28.6 Å². The number of nitrogens with zero attached hydrogens (tertiary/aromatic N) is 9. The number of ether oxygens (including phenoxy) is 1. The van der Waals surface area contributed by atoms with E-state index in [4.69, 9.17) is 9.84 Å². The molecule has 0 saturated carbocycles. The molecule has 7 rings (SSSR count). The number of hydrogen-bond acceptors (Lipinski definition) is 8. The van der Waals surface area contributed by atoms with Crippen LogP contribution in [0, 0.1) is 6.92 Å². The second kappa shape index (κ2) is 9.34. The highest BCUT2D eigenvalue weighted by molar-refractivity contribution is 5.87. The van der Waals surface area contributed by atoms with E-state index in [1.807, 2.05) is 72.7 Å². The number of carbonyl (C=O) groups is 1. The van der Waals surface area contributed by atoms with Gasteiger partial charge >= 0.3 is 0 Å². The molecule has 6 aromatic rings. The van der Waals surface area contributed by atoms with Gasteiger partial charge in [0.15, 0.2) is 11.5 Å². The summed E-state index contributed by atoms with van der Waals surface area (Å²) >= 11 is 0. The molecule has 1 N–H and O–H groups in total. The van der Waals surface area contributed by atoms with E-state index in [2.05, 4.69) is 32.1 Å². The highest BCUT2D eigenvalue weighted by atomic mass is 16.5. The fraction of sp³-hybridized carbons (Fsp3) is 0.143. The van der Waals surface area contributed by atoms with Crippen molar-refractivity contribution in [1.29, 1.82) is 0 Å². The maximum Gasteiger partial charge on any atom is 0.245 e. The van der Waals surface area contributed by atoms with Gasteiger partial charge < -0.3 is 15.0 Å². The SMILES string of the molecule is C=CC(=O)N1CC(c2ccn(-c3ccn4ncnc(Nc5ccc(Oc6ccn7ncnc7c6)c(C)c5)c34)n2)C1. The Bertz CT molecular complexity index is 1900. The fourth-order valence-corrected chi connectivity index (χ4v) is 4.84. The summed E-state index contributed by atoms with van der Waals surface area (Å²) in [5.74, 6) is 2.21. The van der Waals surface area contributed by atoms with E-state index in [0.717, 1.165) is 33.9 Å². The molecule has 1 aliphatic heterocycles. The lowest BCUT2D eigenvalue weighted by atomic mass is 9.96. The van der Waals surface area contributed by atoms with Crippen molar-refractivity contribution in [3.8, 4) is 17.2 Å². The van der Waals surface area contributed by atoms with Gasteiger partial charge in [-0.25, -0.2) is 23.7 Å². The Morgan fingerprint density at radius 2 is 1.85 bits per heavy atom. The smallest absolute Gasteiger partial charge is 0.245 e. The Hall–Kier alpha value is -5.52. The second-order valence-electron chi connectivity index (χ2n) is 9.56. The number of amides is 1. The Labute approximate surface area is 228 Å². The largest absolute Gasteiger partial charge is 0.457 e. The van der Waals surface area contributed by atoms with Crippen LogP contribution in [0.5, 0.6) is 11.5 Å². The Balaban J connectivity index is 1.12. The lowest BCUT2D eigenvalue weighted by molar-refractivity contribution is -0.130. The quantitative estimate of drug-likeness (QED) is 0.307. The summed E-state index contributed by atoms with van der Waals surface area (Å²) in [5, 5.41) is 16.7. The number of hydrogen-bond donors (Lipinski definition) is 1. The first-order valence-corrected chi connectivity index (χ1v) is 12.7. The average molecular weight is 533 g/mol. The van der Waals surface area contributed by atoms with Gasteiger partial charge in [0, 0.05) is 49.4 Å². The van der Waals surface area contributed by atoms with Crippen LogP contribution in [0.2, 0.25) is 0 Å². The molecule has 198 valence electrons. The van der Waals surface area contributed by atoms with Crippen LogP contribution < -0.4 is 10.1 Å². The van der Waals surface area contributed by atoms with Crippen LogP contribution in [0.15, 0.2) is 86.4 Å². The van der Waals surface area contributed by atoms with Gasteiger partial charge in [0.1, 0.15) is 29.7 Å². The van der Waals surface area contributed by atoms with Gasteiger partial charge in [-0.3, -0.25) is 4.79 Å². The Morgan fingerprint density at radius 3 is 2.70 bits per heavy atom. The normalized spacial score (nSPS) is 13.5. The molecule has 6 heterocycles. The number of benzene rings is 1. The third kappa shape index (κ3) is 4.11. The number of anilines is 2. The van der Waals surface area contributed by atoms with Crippen LogP contribution in [-0.4, -0.2) is 62.9 Å². The first kappa shape index (κ1) is 23.6. The van der Waals surface area contributed by atoms with E-state index >= 15 is 0 Å². The van der Waals surface area contributed by atoms with Crippen molar-refractivity contribution in [1.82, 2.24) is 43.9 Å². The molecular formula is C28H24N10O2. The van der Waals surface area contributed by atoms with E-state index in [9.17, 15) is 4.79 Å². The van der Waals surface area contributed by atoms with Gasteiger partial charge in [-0.2, -0.15) is 15.3 Å². The van der Waals surface area contributed by atoms with Crippen molar-refractivity contribution < 1.29 is 9.53 Å². The summed E-state index contributed by atoms with van der Waals surface area (Å²) in [6.07, 6.45) is 9.97. The number of nitrogens with one attached hydrogen (secondary N) is 1. The van der Waals surface area contributed by atoms with Gasteiger partial charge in [-0.1, -0.05) is 6.58 Å². The Kier molecular flexibility index (Phi) is 5.51. The highest BCUT2D eigenvalue weighted by Gasteiger charge is 2.32. The minimum Gasteiger partial charge on any atom is -0.457 e. The highest BCUT2D eigenvalue weighted by Crippen LogP contribution is 2.31. The van der Waals surface area contributed by atoms with E-state index in [1.165, 1.54) is 18.7 Å². The molecule has 0 atom stereocenters. The van der Waals surface area contributed by atoms with Crippen molar-refractivity contribution in [2.45, 2.75) is 12.8 Å². The van der Waals surface area contributed by atoms with Crippen LogP contribution >= 0.6 is 0 Å². The van der Waals surface area contributed by atoms with Crippen LogP contribution in [0.1, 0.15) is 17.2 Å². The van der Waals surface area contributed by atoms with E-state index in [1.54, 1.807) is 13.9 Å². The monoisotopic (exact) mass is 532 g/mol. The van der Waals surface area contributed by atoms with Gasteiger partial charge in [0.25, 0.3) is 0 Å². The molecule has 1 saturated heterocycles. The summed E-state index contributed by atoms with van der Waals surface area (Å²) in [4.78, 5) is 22.3. The number of likely N-dealkylation sites (tertiary alicyclic amines) is 1. The summed E-state index contributed by atoms with van der Waals surface area (Å²) in [6, 6.07) is 13.5. The zero-order valence-corrected chi connectivity index (χ0v) is 21.5. The molecule has 0 aliphatic carbocycles. The third-order valence-corrected chi connectivity index (χ3v) is 6.99. The zero-order valence-electron chi connectivity index (χ0n) is 21.5. The predicted molar refractivity (Wildman–Crippen MR) is 147 cm³/mol. The molecule has 1 fully saturated rings. The molecule has 1 aliphatic rings. The van der Waals surface area contributed by atoms with Crippen molar-refractivity contribution in [3.63, 3.8) is 0 Å². The van der Waals surface area contributed by atoms with Crippen molar-refractivity contribution in [3.05, 3.63) is 97.6 Å². The van der Waals surface area contributed by atoms with E-state index < -0.39 is 0 Å². The zero-order chi connectivity index (χ0) is 27.2. The van der Waals surface area contributed by atoms with Crippen LogP contribution in [0.4, 0.5) is 11.5 Å². The van der Waals surface area contributed by atoms with Crippen LogP contribution in [0.25, 0.3) is 16.9 Å². The van der Waals surface area contributed by atoms with Crippen molar-refractivity contribution in [2.75, 3.05) is 18.4 Å². The second-order valence-corrected chi connectivity index (χ2v) is 9.56. The number of rotatable bonds is 7. The maximum atomic E-state index is 11.8. The average Bonchev–Trinajstić information content (AvgIpc) is 3.69. The lowest BCUT2D eigenvalue weighted by Gasteiger charge is -2.37. The molecule has 5 aromatic heterocycles. The third-order valence-electron chi connectivity index (χ3n) is 6.99. The molecule has 1 amide bonds. The van der Waals surface area contributed by atoms with Gasteiger partial charge in [0.05, 0.1) is 11.4 Å². The van der Waals surface area contributed by atoms with E-state index in [0.29, 0.717) is 30.3 Å². The number of fused-ring (bicyclic) bond motifs is 2. The molecule has 0 radical (unpaired) electrons. The molecule has 12 nitrogen and oxygen atoms in total. The molecule has 0 bridgehead atoms. The summed E-state index contributed by atoms with van der Waals surface area (Å²) in [5.41, 5.74) is 5.09. The Morgan fingerprint density at radius 1 is 1.02 bits per heavy atom. The maximum absolute atomic E-state index is 11.8. The first-order valence-electron chi connectivity index (χ1n) is 12.7. The summed E-state index contributed by atoms with van der Waals surface area (Å²) < 4.78 is 11.4. The summed E-state index contributed by atoms with van der Waals surface area (Å²) in [7, 11) is 0. The standard InChI is InChI=1S/C28H24N10O2/c1-3-26(39)35-14-19(15-35)22-7-10-36(34-22)23-8-11-38-27(23)28(30-17-32-38)33-20-4-5-24(18(2)12-20)40-21-6-9-37-25(13-21)29-16-31-37/h3-13,16-17,19H,1,14-15H2,2H3,(H,30,32,33). The number of pyridine rings is 1. The minimum absolute atomic E-state index is 0.0508. The topological polar surface area (TPSA) is 120 Å². The van der Waals surface area contributed by atoms with Gasteiger partial charge in [-0.05, 0) is 55.0 Å². The van der Waals surface area contributed by atoms with Crippen LogP contribution in [0.3, 0.4) is 0 Å². The van der Waals surface area contributed by atoms with Gasteiger partial charge in [0.2, 0.25) is 5.91 Å².